The first-order valence-corrected chi connectivity index (χ1v) is 6.10. The number of carbonyl (C=O) groups is 2. The Bertz CT molecular complexity index is 455. The number of hydrogen-bond donors (Lipinski definition) is 3. The Labute approximate surface area is 110 Å². The molecule has 1 atom stereocenters. The minimum atomic E-state index is -1.08. The van der Waals surface area contributed by atoms with E-state index in [1.807, 2.05) is 6.92 Å². The van der Waals surface area contributed by atoms with Crippen molar-refractivity contribution in [3.8, 4) is 0 Å². The average molecular weight is 270 g/mol. The van der Waals surface area contributed by atoms with Crippen LogP contribution in [-0.2, 0) is 11.4 Å². The molecule has 1 unspecified atom stereocenters. The maximum Gasteiger partial charge on any atom is 0.326 e. The number of amides is 1. The van der Waals surface area contributed by atoms with Crippen LogP contribution in [0.15, 0.2) is 4.52 Å². The Balaban J connectivity index is 2.81. The molecule has 0 aliphatic rings. The highest BCUT2D eigenvalue weighted by molar-refractivity contribution is 5.98. The number of aliphatic carboxylic acids is 1. The standard InChI is InChI=1S/C12H18N2O5/c1-3-4-5-8(12(17)18)13-11(16)10-7(2)19-14-9(10)6-15/h8,15H,3-6H2,1-2H3,(H,13,16)(H,17,18). The molecule has 0 radical (unpaired) electrons. The third-order valence-electron chi connectivity index (χ3n) is 2.76. The summed E-state index contributed by atoms with van der Waals surface area (Å²) in [6.45, 7) is 3.03. The highest BCUT2D eigenvalue weighted by Crippen LogP contribution is 2.14. The lowest BCUT2D eigenvalue weighted by molar-refractivity contribution is -0.139. The second-order valence-corrected chi connectivity index (χ2v) is 4.23. The van der Waals surface area contributed by atoms with Crippen molar-refractivity contribution in [2.45, 2.75) is 45.8 Å². The molecule has 106 valence electrons. The van der Waals surface area contributed by atoms with Gasteiger partial charge < -0.3 is 20.1 Å². The summed E-state index contributed by atoms with van der Waals surface area (Å²) in [5, 5.41) is 24.0. The number of rotatable bonds is 7. The van der Waals surface area contributed by atoms with Gasteiger partial charge in [-0.3, -0.25) is 4.79 Å². The minimum absolute atomic E-state index is 0.102. The van der Waals surface area contributed by atoms with Crippen LogP contribution in [0.5, 0.6) is 0 Å². The van der Waals surface area contributed by atoms with Crippen molar-refractivity contribution in [2.75, 3.05) is 0 Å². The topological polar surface area (TPSA) is 113 Å². The summed E-state index contributed by atoms with van der Waals surface area (Å²) in [6, 6.07) is -0.951. The highest BCUT2D eigenvalue weighted by atomic mass is 16.5. The maximum atomic E-state index is 12.0. The number of carboxylic acid groups (broad SMARTS) is 1. The number of carbonyl (C=O) groups excluding carboxylic acids is 1. The van der Waals surface area contributed by atoms with E-state index in [-0.39, 0.29) is 17.0 Å². The van der Waals surface area contributed by atoms with E-state index in [0.717, 1.165) is 6.42 Å². The number of nitrogens with zero attached hydrogens (tertiary/aromatic N) is 1. The molecule has 3 N–H and O–H groups in total. The van der Waals surface area contributed by atoms with E-state index in [1.165, 1.54) is 6.92 Å². The molecule has 0 saturated heterocycles. The van der Waals surface area contributed by atoms with Gasteiger partial charge in [-0.1, -0.05) is 24.9 Å². The van der Waals surface area contributed by atoms with Crippen molar-refractivity contribution in [3.05, 3.63) is 17.0 Å². The predicted molar refractivity (Wildman–Crippen MR) is 65.6 cm³/mol. The Morgan fingerprint density at radius 3 is 2.68 bits per heavy atom. The maximum absolute atomic E-state index is 12.0. The summed E-state index contributed by atoms with van der Waals surface area (Å²) in [5.41, 5.74) is 0.208. The van der Waals surface area contributed by atoms with E-state index in [9.17, 15) is 9.59 Å². The number of aromatic nitrogens is 1. The monoisotopic (exact) mass is 270 g/mol. The molecule has 7 heteroatoms. The molecular weight excluding hydrogens is 252 g/mol. The van der Waals surface area contributed by atoms with Crippen LogP contribution >= 0.6 is 0 Å². The molecule has 0 spiro atoms. The van der Waals surface area contributed by atoms with Gasteiger partial charge in [-0.2, -0.15) is 0 Å². The fourth-order valence-electron chi connectivity index (χ4n) is 1.71. The first-order valence-electron chi connectivity index (χ1n) is 6.10. The van der Waals surface area contributed by atoms with Crippen LogP contribution in [0.2, 0.25) is 0 Å². The van der Waals surface area contributed by atoms with Crippen LogP contribution in [0.25, 0.3) is 0 Å². The number of carboxylic acids is 1. The van der Waals surface area contributed by atoms with Gasteiger partial charge in [-0.25, -0.2) is 4.79 Å². The van der Waals surface area contributed by atoms with Crippen molar-refractivity contribution in [2.24, 2.45) is 0 Å². The Hall–Kier alpha value is -1.89. The lowest BCUT2D eigenvalue weighted by Crippen LogP contribution is -2.41. The molecular formula is C12H18N2O5. The van der Waals surface area contributed by atoms with Crippen molar-refractivity contribution in [3.63, 3.8) is 0 Å². The van der Waals surface area contributed by atoms with Gasteiger partial charge in [0.05, 0.1) is 6.61 Å². The molecule has 1 aromatic heterocycles. The summed E-state index contributed by atoms with van der Waals surface area (Å²) in [4.78, 5) is 23.0. The molecule has 19 heavy (non-hydrogen) atoms. The first-order chi connectivity index (χ1) is 9.01. The van der Waals surface area contributed by atoms with E-state index < -0.39 is 24.5 Å². The van der Waals surface area contributed by atoms with Crippen LogP contribution < -0.4 is 5.32 Å². The van der Waals surface area contributed by atoms with Crippen LogP contribution in [0.1, 0.15) is 48.0 Å². The van der Waals surface area contributed by atoms with Crippen molar-refractivity contribution in [1.82, 2.24) is 10.5 Å². The largest absolute Gasteiger partial charge is 0.480 e. The van der Waals surface area contributed by atoms with Gasteiger partial charge in [0.1, 0.15) is 23.1 Å². The molecule has 1 heterocycles. The smallest absolute Gasteiger partial charge is 0.326 e. The number of aliphatic hydroxyl groups excluding tert-OH is 1. The summed E-state index contributed by atoms with van der Waals surface area (Å²) in [6.07, 6.45) is 1.90. The summed E-state index contributed by atoms with van der Waals surface area (Å²) in [5.74, 6) is -1.42. The molecule has 0 saturated carbocycles. The lowest BCUT2D eigenvalue weighted by Gasteiger charge is -2.13. The molecule has 0 fully saturated rings. The molecule has 0 aromatic carbocycles. The molecule has 1 amide bonds. The van der Waals surface area contributed by atoms with Crippen LogP contribution in [0, 0.1) is 6.92 Å². The third-order valence-corrected chi connectivity index (χ3v) is 2.76. The molecule has 0 aliphatic heterocycles. The molecule has 1 aromatic rings. The van der Waals surface area contributed by atoms with E-state index >= 15 is 0 Å². The van der Waals surface area contributed by atoms with Crippen LogP contribution in [-0.4, -0.2) is 33.3 Å². The second kappa shape index (κ2) is 6.89. The van der Waals surface area contributed by atoms with Gasteiger partial charge >= 0.3 is 5.97 Å². The summed E-state index contributed by atoms with van der Waals surface area (Å²) < 4.78 is 4.81. The van der Waals surface area contributed by atoms with Gasteiger partial charge in [0.15, 0.2) is 0 Å². The van der Waals surface area contributed by atoms with Gasteiger partial charge in [0.2, 0.25) is 0 Å². The van der Waals surface area contributed by atoms with Gasteiger partial charge in [0.25, 0.3) is 5.91 Å². The van der Waals surface area contributed by atoms with Crippen molar-refractivity contribution in [1.29, 1.82) is 0 Å². The first kappa shape index (κ1) is 15.2. The zero-order valence-electron chi connectivity index (χ0n) is 11.0. The van der Waals surface area contributed by atoms with Gasteiger partial charge in [-0.15, -0.1) is 0 Å². The van der Waals surface area contributed by atoms with Crippen molar-refractivity contribution >= 4 is 11.9 Å². The Morgan fingerprint density at radius 1 is 1.47 bits per heavy atom. The molecule has 1 rings (SSSR count). The van der Waals surface area contributed by atoms with E-state index in [2.05, 4.69) is 10.5 Å². The quantitative estimate of drug-likeness (QED) is 0.677. The lowest BCUT2D eigenvalue weighted by atomic mass is 10.1. The number of aliphatic hydroxyl groups is 1. The van der Waals surface area contributed by atoms with E-state index in [4.69, 9.17) is 14.7 Å². The van der Waals surface area contributed by atoms with Gasteiger partial charge in [-0.05, 0) is 13.3 Å². The number of aryl methyl sites for hydroxylation is 1. The predicted octanol–water partition coefficient (Wildman–Crippen LogP) is 0.849. The minimum Gasteiger partial charge on any atom is -0.480 e. The van der Waals surface area contributed by atoms with E-state index in [1.54, 1.807) is 0 Å². The fourth-order valence-corrected chi connectivity index (χ4v) is 1.71. The number of nitrogens with one attached hydrogen (secondary N) is 1. The molecule has 7 nitrogen and oxygen atoms in total. The fraction of sp³-hybridized carbons (Fsp3) is 0.583. The summed E-state index contributed by atoms with van der Waals surface area (Å²) >= 11 is 0. The molecule has 0 bridgehead atoms. The van der Waals surface area contributed by atoms with Crippen LogP contribution in [0.3, 0.4) is 0 Å². The van der Waals surface area contributed by atoms with E-state index in [0.29, 0.717) is 12.8 Å². The number of hydrogen-bond acceptors (Lipinski definition) is 5. The Kier molecular flexibility index (Phi) is 5.50. The normalized spacial score (nSPS) is 12.2. The van der Waals surface area contributed by atoms with Crippen LogP contribution in [0.4, 0.5) is 0 Å². The van der Waals surface area contributed by atoms with Crippen molar-refractivity contribution < 1.29 is 24.3 Å². The zero-order valence-corrected chi connectivity index (χ0v) is 11.0. The second-order valence-electron chi connectivity index (χ2n) is 4.23. The highest BCUT2D eigenvalue weighted by Gasteiger charge is 2.25. The third kappa shape index (κ3) is 3.78. The van der Waals surface area contributed by atoms with Gasteiger partial charge in [0, 0.05) is 0 Å². The Morgan fingerprint density at radius 2 is 2.16 bits per heavy atom. The SMILES string of the molecule is CCCCC(NC(=O)c1c(CO)noc1C)C(=O)O. The summed E-state index contributed by atoms with van der Waals surface area (Å²) in [7, 11) is 0. The zero-order chi connectivity index (χ0) is 14.4. The molecule has 0 aliphatic carbocycles. The number of unbranched alkanes of at least 4 members (excludes halogenated alkanes) is 1. The average Bonchev–Trinajstić information content (AvgIpc) is 2.75.